The van der Waals surface area contributed by atoms with E-state index in [1.54, 1.807) is 14.2 Å². The average Bonchev–Trinajstić information content (AvgIpc) is 2.54. The molecule has 1 aliphatic rings. The fourth-order valence-corrected chi connectivity index (χ4v) is 1.69. The molecule has 76 valence electrons. The molecule has 1 aliphatic heterocycles. The van der Waals surface area contributed by atoms with E-state index in [0.717, 1.165) is 26.1 Å². The SMILES string of the molecule is CNCC(=O)N1CC[C@@H](COC)C1. The Kier molecular flexibility index (Phi) is 4.18. The molecular formula is C9H18N2O2. The Morgan fingerprint density at radius 3 is 3.08 bits per heavy atom. The van der Waals surface area contributed by atoms with Crippen LogP contribution in [0.1, 0.15) is 6.42 Å². The van der Waals surface area contributed by atoms with E-state index in [9.17, 15) is 4.79 Å². The van der Waals surface area contributed by atoms with E-state index >= 15 is 0 Å². The van der Waals surface area contributed by atoms with Crippen molar-refractivity contribution in [2.24, 2.45) is 5.92 Å². The zero-order chi connectivity index (χ0) is 9.68. The number of ether oxygens (including phenoxy) is 1. The number of likely N-dealkylation sites (tertiary alicyclic amines) is 1. The van der Waals surface area contributed by atoms with Gasteiger partial charge in [0.15, 0.2) is 0 Å². The van der Waals surface area contributed by atoms with E-state index in [-0.39, 0.29) is 5.91 Å². The topological polar surface area (TPSA) is 41.6 Å². The lowest BCUT2D eigenvalue weighted by atomic mass is 10.1. The lowest BCUT2D eigenvalue weighted by Crippen LogP contribution is -2.35. The van der Waals surface area contributed by atoms with Crippen LogP contribution in [-0.4, -0.2) is 51.2 Å². The van der Waals surface area contributed by atoms with Gasteiger partial charge in [-0.15, -0.1) is 0 Å². The Morgan fingerprint density at radius 2 is 2.46 bits per heavy atom. The summed E-state index contributed by atoms with van der Waals surface area (Å²) < 4.78 is 5.06. The van der Waals surface area contributed by atoms with Crippen molar-refractivity contribution in [3.63, 3.8) is 0 Å². The molecule has 0 radical (unpaired) electrons. The first kappa shape index (κ1) is 10.5. The first-order chi connectivity index (χ1) is 6.27. The quantitative estimate of drug-likeness (QED) is 0.655. The van der Waals surface area contributed by atoms with Crippen LogP contribution < -0.4 is 5.32 Å². The van der Waals surface area contributed by atoms with Gasteiger partial charge in [-0.25, -0.2) is 0 Å². The molecule has 0 unspecified atom stereocenters. The molecule has 13 heavy (non-hydrogen) atoms. The van der Waals surface area contributed by atoms with Crippen LogP contribution in [0.15, 0.2) is 0 Å². The summed E-state index contributed by atoms with van der Waals surface area (Å²) in [7, 11) is 3.50. The molecule has 1 saturated heterocycles. The van der Waals surface area contributed by atoms with Gasteiger partial charge < -0.3 is 15.0 Å². The van der Waals surface area contributed by atoms with Crippen LogP contribution in [-0.2, 0) is 9.53 Å². The Balaban J connectivity index is 2.27. The van der Waals surface area contributed by atoms with Crippen molar-refractivity contribution < 1.29 is 9.53 Å². The fraction of sp³-hybridized carbons (Fsp3) is 0.889. The van der Waals surface area contributed by atoms with Crippen LogP contribution in [0.5, 0.6) is 0 Å². The molecule has 1 atom stereocenters. The molecule has 0 aliphatic carbocycles. The highest BCUT2D eigenvalue weighted by Crippen LogP contribution is 2.15. The number of amides is 1. The van der Waals surface area contributed by atoms with Crippen molar-refractivity contribution in [3.05, 3.63) is 0 Å². The number of hydrogen-bond acceptors (Lipinski definition) is 3. The minimum atomic E-state index is 0.195. The van der Waals surface area contributed by atoms with Crippen LogP contribution in [0, 0.1) is 5.92 Å². The van der Waals surface area contributed by atoms with Crippen LogP contribution >= 0.6 is 0 Å². The maximum Gasteiger partial charge on any atom is 0.236 e. The summed E-state index contributed by atoms with van der Waals surface area (Å²) >= 11 is 0. The van der Waals surface area contributed by atoms with Crippen molar-refractivity contribution in [2.45, 2.75) is 6.42 Å². The van der Waals surface area contributed by atoms with Crippen molar-refractivity contribution in [1.29, 1.82) is 0 Å². The standard InChI is InChI=1S/C9H18N2O2/c1-10-5-9(12)11-4-3-8(6-11)7-13-2/h8,10H,3-7H2,1-2H3/t8-/m1/s1. The smallest absolute Gasteiger partial charge is 0.236 e. The van der Waals surface area contributed by atoms with E-state index in [2.05, 4.69) is 5.32 Å². The number of hydrogen-bond donors (Lipinski definition) is 1. The van der Waals surface area contributed by atoms with Gasteiger partial charge in [0.25, 0.3) is 0 Å². The van der Waals surface area contributed by atoms with Crippen molar-refractivity contribution >= 4 is 5.91 Å². The Hall–Kier alpha value is -0.610. The van der Waals surface area contributed by atoms with E-state index in [1.807, 2.05) is 4.90 Å². The van der Waals surface area contributed by atoms with E-state index in [4.69, 9.17) is 4.74 Å². The third-order valence-corrected chi connectivity index (χ3v) is 2.37. The summed E-state index contributed by atoms with van der Waals surface area (Å²) in [4.78, 5) is 13.3. The molecule has 0 aromatic carbocycles. The van der Waals surface area contributed by atoms with Crippen molar-refractivity contribution in [2.75, 3.05) is 40.4 Å². The molecule has 1 fully saturated rings. The van der Waals surface area contributed by atoms with Gasteiger partial charge in [0.1, 0.15) is 0 Å². The lowest BCUT2D eigenvalue weighted by Gasteiger charge is -2.15. The molecule has 1 amide bonds. The molecule has 1 heterocycles. The van der Waals surface area contributed by atoms with Gasteiger partial charge in [0, 0.05) is 26.1 Å². The molecule has 4 nitrogen and oxygen atoms in total. The number of rotatable bonds is 4. The lowest BCUT2D eigenvalue weighted by molar-refractivity contribution is -0.129. The Morgan fingerprint density at radius 1 is 1.69 bits per heavy atom. The first-order valence-electron chi connectivity index (χ1n) is 4.69. The van der Waals surface area contributed by atoms with E-state index in [0.29, 0.717) is 12.5 Å². The number of nitrogens with one attached hydrogen (secondary N) is 1. The average molecular weight is 186 g/mol. The monoisotopic (exact) mass is 186 g/mol. The second kappa shape index (κ2) is 5.19. The molecule has 4 heteroatoms. The maximum absolute atomic E-state index is 11.4. The number of methoxy groups -OCH3 is 1. The van der Waals surface area contributed by atoms with Gasteiger partial charge >= 0.3 is 0 Å². The van der Waals surface area contributed by atoms with Gasteiger partial charge in [0.05, 0.1) is 13.2 Å². The second-order valence-electron chi connectivity index (χ2n) is 3.48. The Labute approximate surface area is 79.2 Å². The van der Waals surface area contributed by atoms with Crippen LogP contribution in [0.25, 0.3) is 0 Å². The predicted octanol–water partition coefficient (Wildman–Crippen LogP) is -0.299. The summed E-state index contributed by atoms with van der Waals surface area (Å²) in [5, 5.41) is 2.87. The zero-order valence-corrected chi connectivity index (χ0v) is 8.38. The van der Waals surface area contributed by atoms with Crippen molar-refractivity contribution in [3.8, 4) is 0 Å². The third kappa shape index (κ3) is 2.97. The number of carbonyl (C=O) groups excluding carboxylic acids is 1. The third-order valence-electron chi connectivity index (χ3n) is 2.37. The summed E-state index contributed by atoms with van der Waals surface area (Å²) in [5.74, 6) is 0.729. The maximum atomic E-state index is 11.4. The van der Waals surface area contributed by atoms with E-state index < -0.39 is 0 Å². The molecule has 1 rings (SSSR count). The van der Waals surface area contributed by atoms with E-state index in [1.165, 1.54) is 0 Å². The largest absolute Gasteiger partial charge is 0.384 e. The molecule has 0 saturated carbocycles. The molecular weight excluding hydrogens is 168 g/mol. The summed E-state index contributed by atoms with van der Waals surface area (Å²) in [6.45, 7) is 2.95. The summed E-state index contributed by atoms with van der Waals surface area (Å²) in [6, 6.07) is 0. The molecule has 0 aromatic rings. The fourth-order valence-electron chi connectivity index (χ4n) is 1.69. The number of likely N-dealkylation sites (N-methyl/N-ethyl adjacent to an activating group) is 1. The van der Waals surface area contributed by atoms with Crippen molar-refractivity contribution in [1.82, 2.24) is 10.2 Å². The summed E-state index contributed by atoms with van der Waals surface area (Å²) in [6.07, 6.45) is 1.07. The van der Waals surface area contributed by atoms with Gasteiger partial charge in [0.2, 0.25) is 5.91 Å². The highest BCUT2D eigenvalue weighted by Gasteiger charge is 2.25. The normalized spacial score (nSPS) is 22.3. The summed E-state index contributed by atoms with van der Waals surface area (Å²) in [5.41, 5.74) is 0. The number of carbonyl (C=O) groups is 1. The molecule has 1 N–H and O–H groups in total. The minimum absolute atomic E-state index is 0.195. The van der Waals surface area contributed by atoms with Gasteiger partial charge in [-0.1, -0.05) is 0 Å². The van der Waals surface area contributed by atoms with Crippen LogP contribution in [0.3, 0.4) is 0 Å². The van der Waals surface area contributed by atoms with Gasteiger partial charge in [-0.3, -0.25) is 4.79 Å². The highest BCUT2D eigenvalue weighted by molar-refractivity contribution is 5.78. The molecule has 0 spiro atoms. The van der Waals surface area contributed by atoms with Gasteiger partial charge in [-0.05, 0) is 13.5 Å². The predicted molar refractivity (Wildman–Crippen MR) is 50.5 cm³/mol. The highest BCUT2D eigenvalue weighted by atomic mass is 16.5. The van der Waals surface area contributed by atoms with Crippen LogP contribution in [0.4, 0.5) is 0 Å². The molecule has 0 aromatic heterocycles. The zero-order valence-electron chi connectivity index (χ0n) is 8.38. The second-order valence-corrected chi connectivity index (χ2v) is 3.48. The Bertz CT molecular complexity index is 173. The first-order valence-corrected chi connectivity index (χ1v) is 4.69. The van der Waals surface area contributed by atoms with Crippen LogP contribution in [0.2, 0.25) is 0 Å². The van der Waals surface area contributed by atoms with Gasteiger partial charge in [-0.2, -0.15) is 0 Å². The minimum Gasteiger partial charge on any atom is -0.384 e. The number of nitrogens with zero attached hydrogens (tertiary/aromatic N) is 1. The molecule has 0 bridgehead atoms.